The molecule has 0 saturated heterocycles. The molecule has 0 spiro atoms. The van der Waals surface area contributed by atoms with Crippen LogP contribution in [-0.2, 0) is 9.57 Å². The molecule has 1 aromatic rings. The second-order valence-corrected chi connectivity index (χ2v) is 3.02. The fourth-order valence-corrected chi connectivity index (χ4v) is 1.16. The van der Waals surface area contributed by atoms with Gasteiger partial charge in [0, 0.05) is 12.7 Å². The molecule has 0 unspecified atom stereocenters. The van der Waals surface area contributed by atoms with E-state index in [-0.39, 0.29) is 0 Å². The predicted molar refractivity (Wildman–Crippen MR) is 56.6 cm³/mol. The normalized spacial score (nSPS) is 11.5. The minimum absolute atomic E-state index is 0.455. The van der Waals surface area contributed by atoms with Crippen molar-refractivity contribution < 1.29 is 9.57 Å². The number of rotatable bonds is 4. The summed E-state index contributed by atoms with van der Waals surface area (Å²) in [6, 6.07) is 8.09. The maximum absolute atomic E-state index is 5.03. The number of hydrogen-bond donors (Lipinski definition) is 0. The highest BCUT2D eigenvalue weighted by molar-refractivity contribution is 6.01. The quantitative estimate of drug-likeness (QED) is 0.541. The molecular formula is C11H15NO2. The zero-order chi connectivity index (χ0) is 10.4. The second-order valence-electron chi connectivity index (χ2n) is 3.02. The summed E-state index contributed by atoms with van der Waals surface area (Å²) < 4.78 is 5.03. The molecule has 1 aromatic carbocycles. The van der Waals surface area contributed by atoms with Gasteiger partial charge in [0.2, 0.25) is 0 Å². The number of oxime groups is 1. The second kappa shape index (κ2) is 5.40. The largest absolute Gasteiger partial charge is 0.399 e. The van der Waals surface area contributed by atoms with Crippen molar-refractivity contribution >= 4 is 5.71 Å². The molecular weight excluding hydrogens is 178 g/mol. The molecule has 0 bridgehead atoms. The molecule has 0 radical (unpaired) electrons. The molecule has 0 heterocycles. The van der Waals surface area contributed by atoms with Gasteiger partial charge in [0.15, 0.2) is 0 Å². The SMILES string of the molecule is COCC(=NOC)c1ccc(C)cc1. The zero-order valence-corrected chi connectivity index (χ0v) is 8.78. The van der Waals surface area contributed by atoms with Crippen molar-refractivity contribution in [1.82, 2.24) is 0 Å². The number of benzene rings is 1. The first-order valence-electron chi connectivity index (χ1n) is 4.44. The lowest BCUT2D eigenvalue weighted by Gasteiger charge is -2.04. The Labute approximate surface area is 84.3 Å². The number of aryl methyl sites for hydroxylation is 1. The van der Waals surface area contributed by atoms with E-state index >= 15 is 0 Å². The van der Waals surface area contributed by atoms with Crippen LogP contribution in [0.5, 0.6) is 0 Å². The van der Waals surface area contributed by atoms with Crippen molar-refractivity contribution in [3.8, 4) is 0 Å². The maximum Gasteiger partial charge on any atom is 0.113 e. The van der Waals surface area contributed by atoms with Gasteiger partial charge in [0.05, 0.1) is 6.61 Å². The van der Waals surface area contributed by atoms with Gasteiger partial charge in [-0.1, -0.05) is 35.0 Å². The summed E-state index contributed by atoms with van der Waals surface area (Å²) in [6.45, 7) is 2.50. The summed E-state index contributed by atoms with van der Waals surface area (Å²) in [5, 5.41) is 3.91. The number of hydrogen-bond acceptors (Lipinski definition) is 3. The lowest BCUT2D eigenvalue weighted by molar-refractivity contribution is 0.201. The highest BCUT2D eigenvalue weighted by Gasteiger charge is 2.03. The van der Waals surface area contributed by atoms with E-state index in [0.717, 1.165) is 11.3 Å². The van der Waals surface area contributed by atoms with Crippen molar-refractivity contribution in [2.45, 2.75) is 6.92 Å². The van der Waals surface area contributed by atoms with Crippen molar-refractivity contribution in [1.29, 1.82) is 0 Å². The topological polar surface area (TPSA) is 30.8 Å². The highest BCUT2D eigenvalue weighted by Crippen LogP contribution is 2.05. The predicted octanol–water partition coefficient (Wildman–Crippen LogP) is 1.99. The molecule has 0 N–H and O–H groups in total. The van der Waals surface area contributed by atoms with Crippen LogP contribution in [0.1, 0.15) is 11.1 Å². The third-order valence-electron chi connectivity index (χ3n) is 1.87. The maximum atomic E-state index is 5.03. The third kappa shape index (κ3) is 2.85. The first-order chi connectivity index (χ1) is 6.77. The average molecular weight is 193 g/mol. The summed E-state index contributed by atoms with van der Waals surface area (Å²) in [4.78, 5) is 4.75. The summed E-state index contributed by atoms with van der Waals surface area (Å²) in [5.41, 5.74) is 3.05. The van der Waals surface area contributed by atoms with Crippen molar-refractivity contribution in [3.05, 3.63) is 35.4 Å². The van der Waals surface area contributed by atoms with Crippen molar-refractivity contribution in [2.24, 2.45) is 5.16 Å². The molecule has 3 heteroatoms. The van der Waals surface area contributed by atoms with E-state index in [1.54, 1.807) is 7.11 Å². The molecule has 0 fully saturated rings. The van der Waals surface area contributed by atoms with E-state index in [9.17, 15) is 0 Å². The molecule has 0 atom stereocenters. The van der Waals surface area contributed by atoms with E-state index < -0.39 is 0 Å². The summed E-state index contributed by atoms with van der Waals surface area (Å²) in [6.07, 6.45) is 0. The molecule has 1 rings (SSSR count). The van der Waals surface area contributed by atoms with Crippen LogP contribution in [0.3, 0.4) is 0 Å². The molecule has 3 nitrogen and oxygen atoms in total. The molecule has 14 heavy (non-hydrogen) atoms. The first-order valence-corrected chi connectivity index (χ1v) is 4.44. The molecule has 0 amide bonds. The minimum atomic E-state index is 0.455. The van der Waals surface area contributed by atoms with Crippen LogP contribution < -0.4 is 0 Å². The lowest BCUT2D eigenvalue weighted by atomic mass is 10.1. The van der Waals surface area contributed by atoms with Crippen LogP contribution in [-0.4, -0.2) is 26.5 Å². The molecule has 0 aliphatic rings. The average Bonchev–Trinajstić information content (AvgIpc) is 2.19. The van der Waals surface area contributed by atoms with Gasteiger partial charge in [-0.05, 0) is 6.92 Å². The number of methoxy groups -OCH3 is 1. The van der Waals surface area contributed by atoms with Crippen LogP contribution in [0.15, 0.2) is 29.4 Å². The zero-order valence-electron chi connectivity index (χ0n) is 8.78. The number of nitrogens with zero attached hydrogens (tertiary/aromatic N) is 1. The molecule has 0 aromatic heterocycles. The van der Waals surface area contributed by atoms with Gasteiger partial charge in [-0.15, -0.1) is 0 Å². The smallest absolute Gasteiger partial charge is 0.113 e. The van der Waals surface area contributed by atoms with Gasteiger partial charge < -0.3 is 9.57 Å². The van der Waals surface area contributed by atoms with Gasteiger partial charge in [-0.3, -0.25) is 0 Å². The standard InChI is InChI=1S/C11H15NO2/c1-9-4-6-10(7-5-9)11(8-13-2)12-14-3/h4-7H,8H2,1-3H3. The Bertz CT molecular complexity index is 304. The summed E-state index contributed by atoms with van der Waals surface area (Å²) >= 11 is 0. The Balaban J connectivity index is 2.88. The first kappa shape index (κ1) is 10.7. The molecule has 0 saturated carbocycles. The minimum Gasteiger partial charge on any atom is -0.399 e. The Morgan fingerprint density at radius 3 is 2.36 bits per heavy atom. The summed E-state index contributed by atoms with van der Waals surface area (Å²) in [5.74, 6) is 0. The Hall–Kier alpha value is -1.35. The van der Waals surface area contributed by atoms with Gasteiger partial charge in [0.1, 0.15) is 12.8 Å². The monoisotopic (exact) mass is 193 g/mol. The van der Waals surface area contributed by atoms with Gasteiger partial charge in [-0.25, -0.2) is 0 Å². The summed E-state index contributed by atoms with van der Waals surface area (Å²) in [7, 11) is 3.17. The fourth-order valence-electron chi connectivity index (χ4n) is 1.16. The Morgan fingerprint density at radius 2 is 1.86 bits per heavy atom. The van der Waals surface area contributed by atoms with Crippen LogP contribution >= 0.6 is 0 Å². The Morgan fingerprint density at radius 1 is 1.21 bits per heavy atom. The molecule has 0 aliphatic heterocycles. The Kier molecular flexibility index (Phi) is 4.13. The van der Waals surface area contributed by atoms with E-state index in [1.165, 1.54) is 12.7 Å². The van der Waals surface area contributed by atoms with Crippen molar-refractivity contribution in [2.75, 3.05) is 20.8 Å². The fraction of sp³-hybridized carbons (Fsp3) is 0.364. The van der Waals surface area contributed by atoms with Gasteiger partial charge in [-0.2, -0.15) is 0 Å². The number of ether oxygens (including phenoxy) is 1. The lowest BCUT2D eigenvalue weighted by Crippen LogP contribution is -2.09. The van der Waals surface area contributed by atoms with Crippen LogP contribution in [0.4, 0.5) is 0 Å². The van der Waals surface area contributed by atoms with Gasteiger partial charge >= 0.3 is 0 Å². The van der Waals surface area contributed by atoms with Gasteiger partial charge in [0.25, 0.3) is 0 Å². The van der Waals surface area contributed by atoms with E-state index in [0.29, 0.717) is 6.61 Å². The van der Waals surface area contributed by atoms with Crippen molar-refractivity contribution in [3.63, 3.8) is 0 Å². The van der Waals surface area contributed by atoms with Crippen LogP contribution in [0.2, 0.25) is 0 Å². The molecule has 76 valence electrons. The molecule has 0 aliphatic carbocycles. The third-order valence-corrected chi connectivity index (χ3v) is 1.87. The van der Waals surface area contributed by atoms with Crippen LogP contribution in [0, 0.1) is 6.92 Å². The van der Waals surface area contributed by atoms with Crippen LogP contribution in [0.25, 0.3) is 0 Å². The van der Waals surface area contributed by atoms with E-state index in [1.807, 2.05) is 31.2 Å². The van der Waals surface area contributed by atoms with E-state index in [4.69, 9.17) is 9.57 Å². The highest BCUT2D eigenvalue weighted by atomic mass is 16.6. The van der Waals surface area contributed by atoms with E-state index in [2.05, 4.69) is 5.16 Å².